The molecule has 0 unspecified atom stereocenters. The average molecular weight is 921 g/mol. The quantitative estimate of drug-likeness (QED) is 0.0616. The lowest BCUT2D eigenvalue weighted by atomic mass is 9.97. The van der Waals surface area contributed by atoms with Gasteiger partial charge < -0.3 is 18.9 Å². The topological polar surface area (TPSA) is 105 Å². The summed E-state index contributed by atoms with van der Waals surface area (Å²) < 4.78 is 20.2. The second-order valence-electron chi connectivity index (χ2n) is 18.2. The summed E-state index contributed by atoms with van der Waals surface area (Å²) in [5.41, 5.74) is 3.74. The van der Waals surface area contributed by atoms with Crippen molar-refractivity contribution in [2.24, 2.45) is 21.7 Å². The van der Waals surface area contributed by atoms with Crippen molar-refractivity contribution in [3.63, 3.8) is 0 Å². The zero-order valence-electron chi connectivity index (χ0n) is 46.5. The number of carbonyl (C=O) groups is 4. The molecular formula is C58H96O8. The molecule has 3 rings (SSSR count). The summed E-state index contributed by atoms with van der Waals surface area (Å²) in [4.78, 5) is 44.2. The number of carbonyl (C=O) groups excluding carboxylic acids is 4. The van der Waals surface area contributed by atoms with Crippen molar-refractivity contribution in [2.75, 3.05) is 0 Å². The molecule has 0 bridgehead atoms. The van der Waals surface area contributed by atoms with Crippen LogP contribution in [0.3, 0.4) is 0 Å². The van der Waals surface area contributed by atoms with Crippen molar-refractivity contribution in [3.05, 3.63) is 120 Å². The van der Waals surface area contributed by atoms with Gasteiger partial charge in [0.05, 0.1) is 10.8 Å². The smallest absolute Gasteiger partial charge is 0.316 e. The summed E-state index contributed by atoms with van der Waals surface area (Å²) in [6, 6.07) is 21.8. The van der Waals surface area contributed by atoms with Crippen LogP contribution in [0.25, 0.3) is 5.57 Å². The standard InChI is InChI=1S/C19H20O4.C19H22O4.2C5H12.5C2H6/c1-19(2,3)18(21)23-17-10-6-15(7-11-17)12-14-4-8-16(9-5-14)22-13-20;1-6-16(22-13-20)10-7-14(2)15-8-11-17(12-9-15)23-18(21)19(3,4)5;2*1-5(2,3)4;5*1-2/h4-11,13H,12H2,1-3H3;6-13H,2H2,1,3-5H3;2*1-4H3;5*1-2H3/b;10-7-,16-6+;;;;;;;. The van der Waals surface area contributed by atoms with Gasteiger partial charge in [-0.1, -0.05) is 174 Å². The molecule has 0 radical (unpaired) electrons. The van der Waals surface area contributed by atoms with Crippen molar-refractivity contribution in [1.82, 2.24) is 0 Å². The van der Waals surface area contributed by atoms with E-state index in [1.165, 1.54) is 0 Å². The van der Waals surface area contributed by atoms with E-state index in [1.54, 1.807) is 82.3 Å². The van der Waals surface area contributed by atoms with Gasteiger partial charge >= 0.3 is 11.9 Å². The molecule has 0 saturated heterocycles. The maximum Gasteiger partial charge on any atom is 0.316 e. The van der Waals surface area contributed by atoms with Crippen LogP contribution < -0.4 is 14.2 Å². The number of benzene rings is 3. The Morgan fingerprint density at radius 1 is 0.485 bits per heavy atom. The van der Waals surface area contributed by atoms with Gasteiger partial charge in [0.1, 0.15) is 23.0 Å². The van der Waals surface area contributed by atoms with Crippen LogP contribution in [0, 0.1) is 21.7 Å². The molecule has 0 spiro atoms. The SMILES string of the molecule is C=C(/C=C\C(=C/C)OC=O)c1ccc(OC(=O)C(C)(C)C)cc1.CC.CC.CC.CC.CC.CC(C)(C)C.CC(C)(C)C.CC(C)(C)C(=O)Oc1ccc(Cc2ccc(OC=O)cc2)cc1. The highest BCUT2D eigenvalue weighted by Crippen LogP contribution is 2.24. The van der Waals surface area contributed by atoms with Crippen LogP contribution in [0.5, 0.6) is 17.2 Å². The van der Waals surface area contributed by atoms with Gasteiger partial charge in [-0.3, -0.25) is 19.2 Å². The fourth-order valence-corrected chi connectivity index (χ4v) is 3.45. The fourth-order valence-electron chi connectivity index (χ4n) is 3.45. The molecule has 0 N–H and O–H groups in total. The molecule has 0 saturated carbocycles. The minimum Gasteiger partial charge on any atom is -0.429 e. The zero-order chi connectivity index (χ0) is 53.3. The first-order chi connectivity index (χ1) is 30.7. The summed E-state index contributed by atoms with van der Waals surface area (Å²) in [6.45, 7) is 54.9. The van der Waals surface area contributed by atoms with Crippen LogP contribution in [0.2, 0.25) is 0 Å². The summed E-state index contributed by atoms with van der Waals surface area (Å²) in [7, 11) is 0. The van der Waals surface area contributed by atoms with E-state index in [4.69, 9.17) is 18.9 Å². The van der Waals surface area contributed by atoms with Crippen LogP contribution in [0.1, 0.15) is 190 Å². The van der Waals surface area contributed by atoms with Crippen molar-refractivity contribution < 1.29 is 38.1 Å². The van der Waals surface area contributed by atoms with E-state index in [9.17, 15) is 19.2 Å². The molecular weight excluding hydrogens is 825 g/mol. The number of rotatable bonds is 11. The number of ether oxygens (including phenoxy) is 4. The summed E-state index contributed by atoms with van der Waals surface area (Å²) in [6.07, 6.45) is 5.82. The second-order valence-corrected chi connectivity index (χ2v) is 18.2. The molecule has 0 aliphatic rings. The van der Waals surface area contributed by atoms with E-state index >= 15 is 0 Å². The van der Waals surface area contributed by atoms with Gasteiger partial charge in [0.2, 0.25) is 0 Å². The molecule has 0 heterocycles. The monoisotopic (exact) mass is 921 g/mol. The van der Waals surface area contributed by atoms with Gasteiger partial charge in [0, 0.05) is 0 Å². The lowest BCUT2D eigenvalue weighted by Crippen LogP contribution is -2.25. The van der Waals surface area contributed by atoms with Gasteiger partial charge in [-0.05, 0) is 137 Å². The Balaban J connectivity index is -0.000000195. The number of allylic oxidation sites excluding steroid dienone is 4. The number of esters is 2. The summed E-state index contributed by atoms with van der Waals surface area (Å²) >= 11 is 0. The molecule has 0 aromatic heterocycles. The van der Waals surface area contributed by atoms with Crippen LogP contribution in [0.15, 0.2) is 103 Å². The molecule has 3 aromatic carbocycles. The second kappa shape index (κ2) is 41.2. The Kier molecular flexibility index (Phi) is 45.2. The molecule has 66 heavy (non-hydrogen) atoms. The Labute approximate surface area is 405 Å². The lowest BCUT2D eigenvalue weighted by molar-refractivity contribution is -0.143. The third kappa shape index (κ3) is 45.3. The van der Waals surface area contributed by atoms with Gasteiger partial charge in [-0.15, -0.1) is 0 Å². The molecule has 0 fully saturated rings. The zero-order valence-corrected chi connectivity index (χ0v) is 46.5. The number of hydrogen-bond donors (Lipinski definition) is 0. The summed E-state index contributed by atoms with van der Waals surface area (Å²) in [5, 5.41) is 0. The number of hydrogen-bond acceptors (Lipinski definition) is 8. The van der Waals surface area contributed by atoms with Crippen LogP contribution in [-0.2, 0) is 30.3 Å². The lowest BCUT2D eigenvalue weighted by Gasteiger charge is -2.16. The molecule has 3 aromatic rings. The van der Waals surface area contributed by atoms with Gasteiger partial charge in [0.15, 0.2) is 0 Å². The third-order valence-corrected chi connectivity index (χ3v) is 6.23. The van der Waals surface area contributed by atoms with E-state index in [1.807, 2.05) is 126 Å². The average Bonchev–Trinajstić information content (AvgIpc) is 3.26. The third-order valence-electron chi connectivity index (χ3n) is 6.23. The van der Waals surface area contributed by atoms with Gasteiger partial charge in [-0.2, -0.15) is 0 Å². The van der Waals surface area contributed by atoms with Gasteiger partial charge in [0.25, 0.3) is 12.9 Å². The first-order valence-electron chi connectivity index (χ1n) is 23.6. The van der Waals surface area contributed by atoms with Crippen LogP contribution in [-0.4, -0.2) is 24.9 Å². The van der Waals surface area contributed by atoms with Crippen molar-refractivity contribution in [3.8, 4) is 17.2 Å². The predicted molar refractivity (Wildman–Crippen MR) is 285 cm³/mol. The largest absolute Gasteiger partial charge is 0.429 e. The molecule has 0 aliphatic heterocycles. The normalized spacial score (nSPS) is 10.3. The predicted octanol–water partition coefficient (Wildman–Crippen LogP) is 17.3. The Hall–Kier alpha value is -5.24. The van der Waals surface area contributed by atoms with E-state index in [0.29, 0.717) is 46.8 Å². The molecule has 376 valence electrons. The van der Waals surface area contributed by atoms with Crippen molar-refractivity contribution >= 4 is 30.5 Å². The minimum atomic E-state index is -0.549. The maximum absolute atomic E-state index is 11.8. The Bertz CT molecular complexity index is 1690. The highest BCUT2D eigenvalue weighted by atomic mass is 16.5. The van der Waals surface area contributed by atoms with E-state index < -0.39 is 10.8 Å². The minimum absolute atomic E-state index is 0.254. The fraction of sp³-hybridized carbons (Fsp3) is 0.517. The molecule has 8 heteroatoms. The first-order valence-corrected chi connectivity index (χ1v) is 23.6. The first kappa shape index (κ1) is 72.4. The molecule has 8 nitrogen and oxygen atoms in total. The van der Waals surface area contributed by atoms with E-state index in [-0.39, 0.29) is 11.9 Å². The summed E-state index contributed by atoms with van der Waals surface area (Å²) in [5.74, 6) is 1.46. The van der Waals surface area contributed by atoms with E-state index in [2.05, 4.69) is 62.0 Å². The Morgan fingerprint density at radius 2 is 0.788 bits per heavy atom. The van der Waals surface area contributed by atoms with Crippen molar-refractivity contribution in [1.29, 1.82) is 0 Å². The molecule has 0 atom stereocenters. The van der Waals surface area contributed by atoms with Crippen LogP contribution >= 0.6 is 0 Å². The highest BCUT2D eigenvalue weighted by molar-refractivity contribution is 5.79. The van der Waals surface area contributed by atoms with Crippen molar-refractivity contribution in [2.45, 2.75) is 180 Å². The molecule has 0 aliphatic carbocycles. The highest BCUT2D eigenvalue weighted by Gasteiger charge is 2.24. The molecule has 0 amide bonds. The maximum atomic E-state index is 11.8. The van der Waals surface area contributed by atoms with E-state index in [0.717, 1.165) is 28.7 Å². The van der Waals surface area contributed by atoms with Gasteiger partial charge in [-0.25, -0.2) is 0 Å². The Morgan fingerprint density at radius 3 is 1.06 bits per heavy atom. The van der Waals surface area contributed by atoms with Crippen LogP contribution in [0.4, 0.5) is 0 Å².